The highest BCUT2D eigenvalue weighted by Gasteiger charge is 2.15. The molecule has 0 aliphatic rings. The van der Waals surface area contributed by atoms with Gasteiger partial charge in [0.2, 0.25) is 0 Å². The summed E-state index contributed by atoms with van der Waals surface area (Å²) in [5.41, 5.74) is 0.354. The van der Waals surface area contributed by atoms with Crippen molar-refractivity contribution < 1.29 is 14.7 Å². The quantitative estimate of drug-likeness (QED) is 0.268. The molecule has 0 aromatic heterocycles. The first-order chi connectivity index (χ1) is 4.63. The number of ether oxygens (including phenoxy) is 1. The van der Waals surface area contributed by atoms with Crippen molar-refractivity contribution in [3.63, 3.8) is 0 Å². The van der Waals surface area contributed by atoms with Crippen molar-refractivity contribution in [1.82, 2.24) is 0 Å². The molecule has 0 spiro atoms. The van der Waals surface area contributed by atoms with Crippen molar-refractivity contribution in [2.24, 2.45) is 11.1 Å². The highest BCUT2D eigenvalue weighted by Crippen LogP contribution is 1.99. The summed E-state index contributed by atoms with van der Waals surface area (Å²) in [7, 11) is 1.30. The number of oxime groups is 1. The second-order valence-corrected chi connectivity index (χ2v) is 1.99. The molecule has 0 aliphatic heterocycles. The van der Waals surface area contributed by atoms with E-state index in [-0.39, 0.29) is 0 Å². The summed E-state index contributed by atoms with van der Waals surface area (Å²) >= 11 is 0. The van der Waals surface area contributed by atoms with Crippen molar-refractivity contribution in [3.8, 4) is 0 Å². The van der Waals surface area contributed by atoms with Gasteiger partial charge in [-0.15, -0.1) is 0 Å². The molecule has 0 heterocycles. The summed E-state index contributed by atoms with van der Waals surface area (Å²) in [5.74, 6) is -0.856. The lowest BCUT2D eigenvalue weighted by Gasteiger charge is -2.05. The van der Waals surface area contributed by atoms with Crippen molar-refractivity contribution in [1.29, 1.82) is 0 Å². The average Bonchev–Trinajstić information content (AvgIpc) is 2.00. The SMILES string of the molecule is COC(=O)C(C)/C(C)=N\O. The monoisotopic (exact) mass is 145 g/mol. The summed E-state index contributed by atoms with van der Waals surface area (Å²) in [6.07, 6.45) is 0. The van der Waals surface area contributed by atoms with Gasteiger partial charge in [0.15, 0.2) is 0 Å². The first-order valence-electron chi connectivity index (χ1n) is 2.89. The molecule has 58 valence electrons. The number of rotatable bonds is 2. The summed E-state index contributed by atoms with van der Waals surface area (Å²) in [6.45, 7) is 3.17. The van der Waals surface area contributed by atoms with Gasteiger partial charge in [0.05, 0.1) is 18.7 Å². The van der Waals surface area contributed by atoms with Gasteiger partial charge in [0, 0.05) is 0 Å². The van der Waals surface area contributed by atoms with Crippen LogP contribution in [0.15, 0.2) is 5.16 Å². The van der Waals surface area contributed by atoms with Crippen LogP contribution in [0.25, 0.3) is 0 Å². The lowest BCUT2D eigenvalue weighted by molar-refractivity contribution is -0.142. The van der Waals surface area contributed by atoms with Gasteiger partial charge >= 0.3 is 5.97 Å². The van der Waals surface area contributed by atoms with Crippen LogP contribution < -0.4 is 0 Å². The van der Waals surface area contributed by atoms with Crippen molar-refractivity contribution >= 4 is 11.7 Å². The average molecular weight is 145 g/mol. The van der Waals surface area contributed by atoms with Crippen LogP contribution >= 0.6 is 0 Å². The van der Waals surface area contributed by atoms with Crippen LogP contribution in [0.2, 0.25) is 0 Å². The maximum Gasteiger partial charge on any atom is 0.314 e. The summed E-state index contributed by atoms with van der Waals surface area (Å²) in [6, 6.07) is 0. The molecule has 10 heavy (non-hydrogen) atoms. The first-order valence-corrected chi connectivity index (χ1v) is 2.89. The third-order valence-corrected chi connectivity index (χ3v) is 1.34. The van der Waals surface area contributed by atoms with E-state index >= 15 is 0 Å². The molecule has 0 aromatic rings. The molecule has 0 radical (unpaired) electrons. The molecule has 4 heteroatoms. The zero-order chi connectivity index (χ0) is 8.15. The van der Waals surface area contributed by atoms with Crippen molar-refractivity contribution in [2.45, 2.75) is 13.8 Å². The fraction of sp³-hybridized carbons (Fsp3) is 0.667. The Balaban J connectivity index is 4.08. The minimum absolute atomic E-state index is 0.354. The number of methoxy groups -OCH3 is 1. The molecule has 0 saturated carbocycles. The third-order valence-electron chi connectivity index (χ3n) is 1.34. The van der Waals surface area contributed by atoms with Crippen molar-refractivity contribution in [3.05, 3.63) is 0 Å². The van der Waals surface area contributed by atoms with E-state index in [1.165, 1.54) is 7.11 Å². The second-order valence-electron chi connectivity index (χ2n) is 1.99. The molecule has 1 atom stereocenters. The minimum Gasteiger partial charge on any atom is -0.469 e. The molecule has 0 amide bonds. The molecular formula is C6H11NO3. The maximum atomic E-state index is 10.7. The molecule has 1 N–H and O–H groups in total. The predicted octanol–water partition coefficient (Wildman–Crippen LogP) is 0.646. The van der Waals surface area contributed by atoms with Gasteiger partial charge < -0.3 is 9.94 Å². The van der Waals surface area contributed by atoms with Crippen LogP contribution in [-0.2, 0) is 9.53 Å². The van der Waals surface area contributed by atoms with E-state index in [0.717, 1.165) is 0 Å². The van der Waals surface area contributed by atoms with Gasteiger partial charge in [-0.05, 0) is 13.8 Å². The highest BCUT2D eigenvalue weighted by molar-refractivity contribution is 6.00. The number of nitrogens with zero attached hydrogens (tertiary/aromatic N) is 1. The number of hydrogen-bond donors (Lipinski definition) is 1. The Morgan fingerprint density at radius 2 is 2.20 bits per heavy atom. The molecule has 0 aromatic carbocycles. The van der Waals surface area contributed by atoms with Gasteiger partial charge in [0.1, 0.15) is 0 Å². The van der Waals surface area contributed by atoms with E-state index in [1.54, 1.807) is 13.8 Å². The highest BCUT2D eigenvalue weighted by atomic mass is 16.5. The molecule has 0 aliphatic carbocycles. The fourth-order valence-electron chi connectivity index (χ4n) is 0.434. The fourth-order valence-corrected chi connectivity index (χ4v) is 0.434. The van der Waals surface area contributed by atoms with E-state index in [1.807, 2.05) is 0 Å². The van der Waals surface area contributed by atoms with Crippen LogP contribution in [-0.4, -0.2) is 24.0 Å². The molecule has 4 nitrogen and oxygen atoms in total. The normalized spacial score (nSPS) is 14.5. The topological polar surface area (TPSA) is 58.9 Å². The van der Waals surface area contributed by atoms with E-state index in [4.69, 9.17) is 5.21 Å². The van der Waals surface area contributed by atoms with Gasteiger partial charge in [-0.3, -0.25) is 4.79 Å². The van der Waals surface area contributed by atoms with Crippen LogP contribution in [0, 0.1) is 5.92 Å². The van der Waals surface area contributed by atoms with E-state index in [2.05, 4.69) is 9.89 Å². The summed E-state index contributed by atoms with van der Waals surface area (Å²) in [4.78, 5) is 10.7. The van der Waals surface area contributed by atoms with E-state index in [0.29, 0.717) is 5.71 Å². The zero-order valence-corrected chi connectivity index (χ0v) is 6.29. The number of carbonyl (C=O) groups excluding carboxylic acids is 1. The number of hydrogen-bond acceptors (Lipinski definition) is 4. The minimum atomic E-state index is -0.463. The van der Waals surface area contributed by atoms with Gasteiger partial charge in [-0.25, -0.2) is 0 Å². The largest absolute Gasteiger partial charge is 0.469 e. The van der Waals surface area contributed by atoms with Crippen LogP contribution in [0.4, 0.5) is 0 Å². The van der Waals surface area contributed by atoms with Crippen LogP contribution in [0.1, 0.15) is 13.8 Å². The predicted molar refractivity (Wildman–Crippen MR) is 36.1 cm³/mol. The lowest BCUT2D eigenvalue weighted by atomic mass is 10.1. The number of carbonyl (C=O) groups is 1. The molecule has 0 rings (SSSR count). The second kappa shape index (κ2) is 3.87. The van der Waals surface area contributed by atoms with Crippen LogP contribution in [0.3, 0.4) is 0 Å². The Kier molecular flexibility index (Phi) is 3.46. The summed E-state index contributed by atoms with van der Waals surface area (Å²) < 4.78 is 4.40. The van der Waals surface area contributed by atoms with E-state index < -0.39 is 11.9 Å². The Bertz CT molecular complexity index is 153. The molecule has 0 fully saturated rings. The lowest BCUT2D eigenvalue weighted by Crippen LogP contribution is -2.19. The zero-order valence-electron chi connectivity index (χ0n) is 6.29. The van der Waals surface area contributed by atoms with Crippen molar-refractivity contribution in [2.75, 3.05) is 7.11 Å². The standard InChI is InChI=1S/C6H11NO3/c1-4(5(2)7-9)6(8)10-3/h4,9H,1-3H3/b7-5-. The first kappa shape index (κ1) is 8.94. The van der Waals surface area contributed by atoms with Gasteiger partial charge in [0.25, 0.3) is 0 Å². The Hall–Kier alpha value is -1.06. The molecule has 1 unspecified atom stereocenters. The van der Waals surface area contributed by atoms with E-state index in [9.17, 15) is 4.79 Å². The smallest absolute Gasteiger partial charge is 0.314 e. The Morgan fingerprint density at radius 3 is 2.50 bits per heavy atom. The number of esters is 1. The maximum absolute atomic E-state index is 10.7. The molecule has 0 saturated heterocycles. The third kappa shape index (κ3) is 2.05. The Morgan fingerprint density at radius 1 is 1.70 bits per heavy atom. The summed E-state index contributed by atoms with van der Waals surface area (Å²) in [5, 5.41) is 11.1. The van der Waals surface area contributed by atoms with Gasteiger partial charge in [-0.1, -0.05) is 5.16 Å². The van der Waals surface area contributed by atoms with Crippen LogP contribution in [0.5, 0.6) is 0 Å². The molecule has 0 bridgehead atoms. The Labute approximate surface area is 59.5 Å². The molecular weight excluding hydrogens is 134 g/mol. The van der Waals surface area contributed by atoms with Gasteiger partial charge in [-0.2, -0.15) is 0 Å².